The summed E-state index contributed by atoms with van der Waals surface area (Å²) in [4.78, 5) is 2.30. The zero-order valence-corrected chi connectivity index (χ0v) is 6.12. The third-order valence-corrected chi connectivity index (χ3v) is 1.60. The fourth-order valence-corrected chi connectivity index (χ4v) is 1.23. The van der Waals surface area contributed by atoms with Crippen molar-refractivity contribution >= 4 is 9.47 Å². The molecule has 0 aromatic rings. The molecule has 0 aromatic carbocycles. The Balaban J connectivity index is 2.06. The number of nitrogens with zero attached hydrogens (tertiary/aromatic N) is 1. The van der Waals surface area contributed by atoms with E-state index in [2.05, 4.69) is 14.4 Å². The van der Waals surface area contributed by atoms with Gasteiger partial charge < -0.3 is 4.52 Å². The monoisotopic (exact) mass is 133 g/mol. The summed E-state index contributed by atoms with van der Waals surface area (Å²) in [6, 6.07) is 0. The van der Waals surface area contributed by atoms with E-state index in [0.29, 0.717) is 0 Å². The quantitative estimate of drug-likeness (QED) is 0.518. The van der Waals surface area contributed by atoms with Crippen LogP contribution >= 0.6 is 9.47 Å². The third kappa shape index (κ3) is 1.70. The lowest BCUT2D eigenvalue weighted by Gasteiger charge is -2.10. The van der Waals surface area contributed by atoms with E-state index in [1.807, 2.05) is 0 Å². The first-order valence-electron chi connectivity index (χ1n) is 2.97. The van der Waals surface area contributed by atoms with E-state index in [-0.39, 0.29) is 0 Å². The zero-order chi connectivity index (χ0) is 5.82. The van der Waals surface area contributed by atoms with Crippen molar-refractivity contribution in [3.05, 3.63) is 0 Å². The van der Waals surface area contributed by atoms with E-state index < -0.39 is 0 Å². The molecule has 0 aliphatic carbocycles. The van der Waals surface area contributed by atoms with Crippen LogP contribution in [0.25, 0.3) is 0 Å². The third-order valence-electron chi connectivity index (χ3n) is 1.46. The first-order chi connectivity index (χ1) is 3.93. The molecular weight excluding hydrogens is 121 g/mol. The van der Waals surface area contributed by atoms with Gasteiger partial charge in [0, 0.05) is 22.6 Å². The molecule has 0 aromatic heterocycles. The molecule has 1 unspecified atom stereocenters. The molecule has 8 heavy (non-hydrogen) atoms. The summed E-state index contributed by atoms with van der Waals surface area (Å²) in [6.45, 7) is 3.22. The lowest BCUT2D eigenvalue weighted by atomic mass is 10.4. The van der Waals surface area contributed by atoms with Gasteiger partial charge in [-0.3, -0.25) is 4.90 Å². The summed E-state index contributed by atoms with van der Waals surface area (Å²) in [5, 5.41) is 0. The van der Waals surface area contributed by atoms with E-state index in [1.54, 1.807) is 0 Å². The van der Waals surface area contributed by atoms with Crippen molar-refractivity contribution < 1.29 is 4.52 Å². The van der Waals surface area contributed by atoms with Gasteiger partial charge in [-0.2, -0.15) is 0 Å². The fraction of sp³-hybridized carbons (Fsp3) is 1.00. The average Bonchev–Trinajstić information content (AvgIpc) is 2.19. The van der Waals surface area contributed by atoms with Crippen LogP contribution in [0, 0.1) is 0 Å². The van der Waals surface area contributed by atoms with Crippen molar-refractivity contribution in [2.45, 2.75) is 12.8 Å². The zero-order valence-electron chi connectivity index (χ0n) is 4.97. The molecule has 1 heterocycles. The molecule has 0 amide bonds. The van der Waals surface area contributed by atoms with Gasteiger partial charge in [-0.25, -0.2) is 0 Å². The summed E-state index contributed by atoms with van der Waals surface area (Å²) < 4.78 is 4.87. The normalized spacial score (nSPS) is 22.1. The summed E-state index contributed by atoms with van der Waals surface area (Å²) in [5.41, 5.74) is 0. The second-order valence-corrected chi connectivity index (χ2v) is 2.45. The summed E-state index contributed by atoms with van der Waals surface area (Å²) in [5.74, 6) is 0. The Labute approximate surface area is 52.5 Å². The van der Waals surface area contributed by atoms with Gasteiger partial charge in [0.1, 0.15) is 6.73 Å². The second-order valence-electron chi connectivity index (χ2n) is 2.12. The van der Waals surface area contributed by atoms with E-state index >= 15 is 0 Å². The first-order valence-corrected chi connectivity index (χ1v) is 3.44. The van der Waals surface area contributed by atoms with Crippen LogP contribution in [0.2, 0.25) is 0 Å². The predicted molar refractivity (Wildman–Crippen MR) is 36.5 cm³/mol. The van der Waals surface area contributed by atoms with E-state index in [0.717, 1.165) is 6.73 Å². The van der Waals surface area contributed by atoms with Crippen LogP contribution < -0.4 is 0 Å². The van der Waals surface area contributed by atoms with Crippen LogP contribution in [0.15, 0.2) is 0 Å². The van der Waals surface area contributed by atoms with Crippen LogP contribution in [0.5, 0.6) is 0 Å². The Morgan fingerprint density at radius 1 is 1.38 bits per heavy atom. The molecule has 0 saturated carbocycles. The van der Waals surface area contributed by atoms with Crippen LogP contribution in [-0.2, 0) is 4.52 Å². The second kappa shape index (κ2) is 3.39. The van der Waals surface area contributed by atoms with Crippen molar-refractivity contribution in [3.63, 3.8) is 0 Å². The Morgan fingerprint density at radius 2 is 2.00 bits per heavy atom. The molecule has 0 bridgehead atoms. The number of hydrogen-bond acceptors (Lipinski definition) is 2. The number of rotatable bonds is 2. The topological polar surface area (TPSA) is 12.5 Å². The SMILES string of the molecule is POCN1CCCC1. The van der Waals surface area contributed by atoms with E-state index in [9.17, 15) is 0 Å². The molecule has 0 spiro atoms. The van der Waals surface area contributed by atoms with Gasteiger partial charge >= 0.3 is 0 Å². The highest BCUT2D eigenvalue weighted by Crippen LogP contribution is 2.06. The van der Waals surface area contributed by atoms with Gasteiger partial charge in [-0.15, -0.1) is 0 Å². The molecule has 1 saturated heterocycles. The minimum Gasteiger partial charge on any atom is -0.350 e. The van der Waals surface area contributed by atoms with Gasteiger partial charge in [-0.1, -0.05) is 0 Å². The molecule has 1 rings (SSSR count). The fourth-order valence-electron chi connectivity index (χ4n) is 1.02. The molecule has 1 fully saturated rings. The maximum absolute atomic E-state index is 4.87. The van der Waals surface area contributed by atoms with Gasteiger partial charge in [-0.05, 0) is 12.8 Å². The van der Waals surface area contributed by atoms with Crippen molar-refractivity contribution in [2.24, 2.45) is 0 Å². The molecular formula is C5H12NOP. The van der Waals surface area contributed by atoms with Gasteiger partial charge in [0.25, 0.3) is 0 Å². The lowest BCUT2D eigenvalue weighted by Crippen LogP contribution is -2.19. The molecule has 1 aliphatic rings. The van der Waals surface area contributed by atoms with Crippen molar-refractivity contribution in [3.8, 4) is 0 Å². The van der Waals surface area contributed by atoms with Crippen LogP contribution in [0.4, 0.5) is 0 Å². The minimum absolute atomic E-state index is 0.782. The van der Waals surface area contributed by atoms with Crippen LogP contribution in [0.1, 0.15) is 12.8 Å². The van der Waals surface area contributed by atoms with Gasteiger partial charge in [0.15, 0.2) is 0 Å². The predicted octanol–water partition coefficient (Wildman–Crippen LogP) is 0.846. The summed E-state index contributed by atoms with van der Waals surface area (Å²) in [6.07, 6.45) is 2.68. The largest absolute Gasteiger partial charge is 0.350 e. The average molecular weight is 133 g/mol. The lowest BCUT2D eigenvalue weighted by molar-refractivity contribution is 0.174. The molecule has 0 N–H and O–H groups in total. The standard InChI is InChI=1S/C5H12NOP/c8-7-5-6-3-1-2-4-6/h1-5,8H2. The molecule has 2 nitrogen and oxygen atoms in total. The molecule has 0 radical (unpaired) electrons. The maximum Gasteiger partial charge on any atom is 0.103 e. The Kier molecular flexibility index (Phi) is 2.74. The Morgan fingerprint density at radius 3 is 2.50 bits per heavy atom. The minimum atomic E-state index is 0.782. The van der Waals surface area contributed by atoms with Gasteiger partial charge in [0.2, 0.25) is 0 Å². The smallest absolute Gasteiger partial charge is 0.103 e. The Hall–Kier alpha value is 0.350. The van der Waals surface area contributed by atoms with Crippen molar-refractivity contribution in [1.82, 2.24) is 4.90 Å². The highest BCUT2D eigenvalue weighted by atomic mass is 31.0. The van der Waals surface area contributed by atoms with E-state index in [1.165, 1.54) is 25.9 Å². The van der Waals surface area contributed by atoms with Gasteiger partial charge in [0.05, 0.1) is 0 Å². The number of hydrogen-bond donors (Lipinski definition) is 0. The summed E-state index contributed by atoms with van der Waals surface area (Å²) >= 11 is 0. The first kappa shape index (κ1) is 6.47. The molecule has 1 atom stereocenters. The van der Waals surface area contributed by atoms with Crippen molar-refractivity contribution in [1.29, 1.82) is 0 Å². The van der Waals surface area contributed by atoms with Crippen LogP contribution in [0.3, 0.4) is 0 Å². The maximum atomic E-state index is 4.87. The summed E-state index contributed by atoms with van der Waals surface area (Å²) in [7, 11) is 2.27. The van der Waals surface area contributed by atoms with E-state index in [4.69, 9.17) is 4.52 Å². The highest BCUT2D eigenvalue weighted by molar-refractivity contribution is 7.09. The highest BCUT2D eigenvalue weighted by Gasteiger charge is 2.09. The molecule has 1 aliphatic heterocycles. The molecule has 48 valence electrons. The Bertz CT molecular complexity index is 63.4. The van der Waals surface area contributed by atoms with Crippen LogP contribution in [-0.4, -0.2) is 24.7 Å². The number of likely N-dealkylation sites (tertiary alicyclic amines) is 1. The van der Waals surface area contributed by atoms with Crippen molar-refractivity contribution in [2.75, 3.05) is 19.8 Å². The molecule has 3 heteroatoms.